The molecule has 0 spiro atoms. The molecule has 0 fully saturated rings. The van der Waals surface area contributed by atoms with Crippen molar-refractivity contribution in [3.8, 4) is 0 Å². The van der Waals surface area contributed by atoms with Crippen molar-refractivity contribution in [2.24, 2.45) is 7.05 Å². The summed E-state index contributed by atoms with van der Waals surface area (Å²) in [6.07, 6.45) is 1.75. The van der Waals surface area contributed by atoms with Gasteiger partial charge in [-0.2, -0.15) is 0 Å². The van der Waals surface area contributed by atoms with Crippen molar-refractivity contribution in [1.82, 2.24) is 9.55 Å². The Bertz CT molecular complexity index is 971. The van der Waals surface area contributed by atoms with E-state index in [9.17, 15) is 4.39 Å². The monoisotopic (exact) mass is 295 g/mol. The minimum absolute atomic E-state index is 0.261. The number of aromatic nitrogens is 2. The number of nitrogens with one attached hydrogen (secondary N) is 1. The van der Waals surface area contributed by atoms with Crippen LogP contribution in [0.4, 0.5) is 10.3 Å². The lowest BCUT2D eigenvalue weighted by Crippen LogP contribution is -2.04. The average molecular weight is 295 g/mol. The third kappa shape index (κ3) is 2.02. The zero-order chi connectivity index (χ0) is 15.1. The highest BCUT2D eigenvalue weighted by Gasteiger charge is 2.10. The van der Waals surface area contributed by atoms with E-state index in [-0.39, 0.29) is 5.82 Å². The number of fused-ring (bicyclic) bond motifs is 2. The number of rotatable bonds is 3. The van der Waals surface area contributed by atoms with Crippen molar-refractivity contribution in [2.75, 3.05) is 5.32 Å². The molecule has 110 valence electrons. The maximum absolute atomic E-state index is 13.3. The van der Waals surface area contributed by atoms with Gasteiger partial charge in [-0.25, -0.2) is 9.37 Å². The second kappa shape index (κ2) is 4.87. The summed E-state index contributed by atoms with van der Waals surface area (Å²) < 4.78 is 20.7. The molecule has 5 heteroatoms. The van der Waals surface area contributed by atoms with Gasteiger partial charge in [-0.3, -0.25) is 0 Å². The van der Waals surface area contributed by atoms with Crippen molar-refractivity contribution in [3.63, 3.8) is 0 Å². The number of imidazole rings is 1. The van der Waals surface area contributed by atoms with E-state index in [4.69, 9.17) is 4.42 Å². The highest BCUT2D eigenvalue weighted by molar-refractivity contribution is 5.81. The average Bonchev–Trinajstić information content (AvgIpc) is 3.08. The fourth-order valence-electron chi connectivity index (χ4n) is 2.67. The Hall–Kier alpha value is -2.82. The van der Waals surface area contributed by atoms with E-state index in [1.165, 1.54) is 12.1 Å². The van der Waals surface area contributed by atoms with Crippen molar-refractivity contribution < 1.29 is 8.81 Å². The molecular formula is C17H14FN3O. The molecule has 4 nitrogen and oxygen atoms in total. The molecule has 0 unspecified atom stereocenters. The fraction of sp³-hybridized carbons (Fsp3) is 0.118. The minimum Gasteiger partial charge on any atom is -0.464 e. The van der Waals surface area contributed by atoms with Crippen molar-refractivity contribution in [3.05, 3.63) is 60.1 Å². The fourth-order valence-corrected chi connectivity index (χ4v) is 2.67. The van der Waals surface area contributed by atoms with Crippen LogP contribution in [0.3, 0.4) is 0 Å². The van der Waals surface area contributed by atoms with E-state index in [2.05, 4.69) is 10.3 Å². The Morgan fingerprint density at radius 1 is 1.23 bits per heavy atom. The topological polar surface area (TPSA) is 43.0 Å². The molecule has 0 aliphatic rings. The maximum atomic E-state index is 13.3. The molecule has 0 saturated heterocycles. The van der Waals surface area contributed by atoms with Gasteiger partial charge in [0.15, 0.2) is 0 Å². The Labute approximate surface area is 126 Å². The van der Waals surface area contributed by atoms with E-state index >= 15 is 0 Å². The molecule has 0 amide bonds. The number of hydrogen-bond acceptors (Lipinski definition) is 3. The number of furan rings is 1. The van der Waals surface area contributed by atoms with Gasteiger partial charge in [-0.05, 0) is 24.3 Å². The van der Waals surface area contributed by atoms with Gasteiger partial charge in [-0.1, -0.05) is 18.2 Å². The lowest BCUT2D eigenvalue weighted by molar-refractivity contribution is 0.611. The first-order valence-electron chi connectivity index (χ1n) is 7.03. The number of anilines is 1. The standard InChI is InChI=1S/C17H14FN3O/c1-21-15-8-12(18)6-7-14(15)20-17(21)19-9-11-10-22-16-5-3-2-4-13(11)16/h2-8,10H,9H2,1H3,(H,19,20). The lowest BCUT2D eigenvalue weighted by Gasteiger charge is -2.05. The number of benzene rings is 2. The van der Waals surface area contributed by atoms with Gasteiger partial charge >= 0.3 is 0 Å². The van der Waals surface area contributed by atoms with Gasteiger partial charge < -0.3 is 14.3 Å². The van der Waals surface area contributed by atoms with E-state index in [1.54, 1.807) is 12.3 Å². The van der Waals surface area contributed by atoms with Crippen LogP contribution in [0, 0.1) is 5.82 Å². The van der Waals surface area contributed by atoms with Crippen LogP contribution < -0.4 is 5.32 Å². The summed E-state index contributed by atoms with van der Waals surface area (Å²) in [5, 5.41) is 4.37. The van der Waals surface area contributed by atoms with Crippen molar-refractivity contribution in [2.45, 2.75) is 6.54 Å². The quantitative estimate of drug-likeness (QED) is 0.619. The van der Waals surface area contributed by atoms with Crippen molar-refractivity contribution >= 4 is 28.0 Å². The molecule has 0 aliphatic carbocycles. The first-order chi connectivity index (χ1) is 10.7. The van der Waals surface area contributed by atoms with Crippen LogP contribution in [0.1, 0.15) is 5.56 Å². The Balaban J connectivity index is 1.65. The molecule has 4 aromatic rings. The molecule has 0 aliphatic heterocycles. The van der Waals surface area contributed by atoms with Crippen LogP contribution in [0.25, 0.3) is 22.0 Å². The third-order valence-electron chi connectivity index (χ3n) is 3.84. The van der Waals surface area contributed by atoms with Crippen LogP contribution in [-0.4, -0.2) is 9.55 Å². The summed E-state index contributed by atoms with van der Waals surface area (Å²) in [5.74, 6) is 0.439. The lowest BCUT2D eigenvalue weighted by atomic mass is 10.2. The first-order valence-corrected chi connectivity index (χ1v) is 7.03. The Morgan fingerprint density at radius 3 is 3.00 bits per heavy atom. The molecule has 0 bridgehead atoms. The van der Waals surface area contributed by atoms with E-state index in [1.807, 2.05) is 35.9 Å². The van der Waals surface area contributed by atoms with Gasteiger partial charge in [0.05, 0.1) is 17.3 Å². The molecular weight excluding hydrogens is 281 g/mol. The third-order valence-corrected chi connectivity index (χ3v) is 3.84. The summed E-state index contributed by atoms with van der Waals surface area (Å²) in [6, 6.07) is 12.5. The molecule has 0 radical (unpaired) electrons. The van der Waals surface area contributed by atoms with Crippen molar-refractivity contribution in [1.29, 1.82) is 0 Å². The van der Waals surface area contributed by atoms with E-state index in [0.717, 1.165) is 27.6 Å². The smallest absolute Gasteiger partial charge is 0.203 e. The van der Waals surface area contributed by atoms with Crippen LogP contribution in [0.5, 0.6) is 0 Å². The number of hydrogen-bond donors (Lipinski definition) is 1. The summed E-state index contributed by atoms with van der Waals surface area (Å²) in [6.45, 7) is 0.594. The van der Waals surface area contributed by atoms with E-state index < -0.39 is 0 Å². The summed E-state index contributed by atoms with van der Waals surface area (Å²) in [4.78, 5) is 4.49. The number of para-hydroxylation sites is 1. The SMILES string of the molecule is Cn1c(NCc2coc3ccccc23)nc2ccc(F)cc21. The molecule has 2 aromatic carbocycles. The second-order valence-electron chi connectivity index (χ2n) is 5.24. The summed E-state index contributed by atoms with van der Waals surface area (Å²) in [5.41, 5.74) is 3.46. The summed E-state index contributed by atoms with van der Waals surface area (Å²) >= 11 is 0. The van der Waals surface area contributed by atoms with Crippen LogP contribution >= 0.6 is 0 Å². The zero-order valence-corrected chi connectivity index (χ0v) is 12.0. The Kier molecular flexibility index (Phi) is 2.85. The van der Waals surface area contributed by atoms with Crippen LogP contribution in [0.15, 0.2) is 53.1 Å². The summed E-state index contributed by atoms with van der Waals surface area (Å²) in [7, 11) is 1.87. The number of nitrogens with zero attached hydrogens (tertiary/aromatic N) is 2. The second-order valence-corrected chi connectivity index (χ2v) is 5.24. The van der Waals surface area contributed by atoms with E-state index in [0.29, 0.717) is 12.5 Å². The minimum atomic E-state index is -0.261. The molecule has 2 aromatic heterocycles. The largest absolute Gasteiger partial charge is 0.464 e. The first kappa shape index (κ1) is 12.9. The molecule has 4 rings (SSSR count). The van der Waals surface area contributed by atoms with Gasteiger partial charge in [0.2, 0.25) is 5.95 Å². The molecule has 0 atom stereocenters. The van der Waals surface area contributed by atoms with Gasteiger partial charge in [0.25, 0.3) is 0 Å². The molecule has 22 heavy (non-hydrogen) atoms. The zero-order valence-electron chi connectivity index (χ0n) is 12.0. The molecule has 1 N–H and O–H groups in total. The number of aryl methyl sites for hydroxylation is 1. The van der Waals surface area contributed by atoms with Gasteiger partial charge in [0, 0.05) is 24.5 Å². The van der Waals surface area contributed by atoms with Crippen LogP contribution in [0.2, 0.25) is 0 Å². The van der Waals surface area contributed by atoms with Gasteiger partial charge in [-0.15, -0.1) is 0 Å². The highest BCUT2D eigenvalue weighted by Crippen LogP contribution is 2.23. The predicted molar refractivity (Wildman–Crippen MR) is 84.2 cm³/mol. The number of halogens is 1. The molecule has 0 saturated carbocycles. The molecule has 2 heterocycles. The van der Waals surface area contributed by atoms with Gasteiger partial charge in [0.1, 0.15) is 11.4 Å². The highest BCUT2D eigenvalue weighted by atomic mass is 19.1. The Morgan fingerprint density at radius 2 is 2.09 bits per heavy atom. The normalized spacial score (nSPS) is 11.4. The maximum Gasteiger partial charge on any atom is 0.203 e. The van der Waals surface area contributed by atoms with Crippen LogP contribution in [-0.2, 0) is 13.6 Å². The predicted octanol–water partition coefficient (Wildman–Crippen LogP) is 4.07.